The summed E-state index contributed by atoms with van der Waals surface area (Å²) < 4.78 is 38.3. The van der Waals surface area contributed by atoms with Gasteiger partial charge in [-0.05, 0) is 20.5 Å². The highest BCUT2D eigenvalue weighted by atomic mass is 19.4. The van der Waals surface area contributed by atoms with Crippen LogP contribution in [0.4, 0.5) is 13.2 Å². The lowest BCUT2D eigenvalue weighted by atomic mass is 10.2. The molecule has 1 aliphatic heterocycles. The van der Waals surface area contributed by atoms with Gasteiger partial charge in [-0.25, -0.2) is 4.98 Å². The molecule has 1 aromatic rings. The fourth-order valence-electron chi connectivity index (χ4n) is 2.72. The van der Waals surface area contributed by atoms with E-state index in [1.165, 1.54) is 6.20 Å². The summed E-state index contributed by atoms with van der Waals surface area (Å²) in [5.41, 5.74) is 0. The monoisotopic (exact) mass is 334 g/mol. The molecule has 0 spiro atoms. The smallest absolute Gasteiger partial charge is 0.385 e. The molecule has 2 atom stereocenters. The van der Waals surface area contributed by atoms with Gasteiger partial charge in [-0.3, -0.25) is 4.79 Å². The van der Waals surface area contributed by atoms with Crippen LogP contribution in [0, 0.1) is 0 Å². The van der Waals surface area contributed by atoms with Gasteiger partial charge in [0.1, 0.15) is 18.5 Å². The van der Waals surface area contributed by atoms with Gasteiger partial charge >= 0.3 is 6.18 Å². The van der Waals surface area contributed by atoms with Crippen LogP contribution >= 0.6 is 0 Å². The van der Waals surface area contributed by atoms with E-state index in [1.54, 1.807) is 4.90 Å². The fourth-order valence-corrected chi connectivity index (χ4v) is 2.72. The van der Waals surface area contributed by atoms with Crippen LogP contribution in [-0.2, 0) is 11.3 Å². The predicted octanol–water partition coefficient (Wildman–Crippen LogP) is 1.03. The van der Waals surface area contributed by atoms with Crippen molar-refractivity contribution in [1.82, 2.24) is 19.4 Å². The Morgan fingerprint density at radius 2 is 2.22 bits per heavy atom. The highest BCUT2D eigenvalue weighted by Crippen LogP contribution is 2.23. The molecule has 130 valence electrons. The number of carbonyl (C=O) groups excluding carboxylic acids is 1. The summed E-state index contributed by atoms with van der Waals surface area (Å²) in [4.78, 5) is 19.6. The van der Waals surface area contributed by atoms with E-state index in [0.717, 1.165) is 17.2 Å². The molecule has 2 heterocycles. The zero-order valence-corrected chi connectivity index (χ0v) is 13.1. The third-order valence-electron chi connectivity index (χ3n) is 4.01. The Bertz CT molecular complexity index is 544. The third kappa shape index (κ3) is 4.68. The van der Waals surface area contributed by atoms with E-state index >= 15 is 0 Å². The number of aromatic nitrogens is 2. The van der Waals surface area contributed by atoms with Crippen molar-refractivity contribution in [3.63, 3.8) is 0 Å². The van der Waals surface area contributed by atoms with Crippen molar-refractivity contribution in [1.29, 1.82) is 0 Å². The van der Waals surface area contributed by atoms with Crippen molar-refractivity contribution in [2.45, 2.75) is 37.7 Å². The van der Waals surface area contributed by atoms with E-state index in [2.05, 4.69) is 4.98 Å². The van der Waals surface area contributed by atoms with Crippen molar-refractivity contribution in [2.75, 3.05) is 27.2 Å². The fraction of sp³-hybridized carbons (Fsp3) is 0.714. The van der Waals surface area contributed by atoms with E-state index in [-0.39, 0.29) is 24.2 Å². The van der Waals surface area contributed by atoms with E-state index in [0.29, 0.717) is 13.1 Å². The van der Waals surface area contributed by atoms with Gasteiger partial charge in [0.2, 0.25) is 5.91 Å². The molecule has 1 N–H and O–H groups in total. The number of halogens is 3. The number of hydrogen-bond acceptors (Lipinski definition) is 4. The first-order valence-corrected chi connectivity index (χ1v) is 7.37. The van der Waals surface area contributed by atoms with Crippen LogP contribution in [0.15, 0.2) is 12.4 Å². The average molecular weight is 334 g/mol. The van der Waals surface area contributed by atoms with Crippen LogP contribution in [0.1, 0.15) is 24.8 Å². The quantitative estimate of drug-likeness (QED) is 0.874. The predicted molar refractivity (Wildman–Crippen MR) is 76.5 cm³/mol. The zero-order valence-electron chi connectivity index (χ0n) is 13.1. The normalized spacial score (nSPS) is 20.3. The molecule has 1 aliphatic rings. The molecule has 0 radical (unpaired) electrons. The van der Waals surface area contributed by atoms with E-state index in [4.69, 9.17) is 0 Å². The maximum absolute atomic E-state index is 12.5. The standard InChI is InChI=1S/C14H21F3N4O2/c1-19(2)10-3-5-20(8-10)12(23)7-11(22)13-18-4-6-21(13)9-14(15,16)17/h4,6,10-11,22H,3,5,7-9H2,1-2H3/t10-,11?/m0/s1. The first kappa shape index (κ1) is 17.7. The Morgan fingerprint density at radius 3 is 2.78 bits per heavy atom. The lowest BCUT2D eigenvalue weighted by Gasteiger charge is -2.21. The van der Waals surface area contributed by atoms with E-state index in [1.807, 2.05) is 19.0 Å². The first-order chi connectivity index (χ1) is 10.7. The second kappa shape index (κ2) is 6.88. The van der Waals surface area contributed by atoms with Crippen molar-refractivity contribution >= 4 is 5.91 Å². The number of likely N-dealkylation sites (N-methyl/N-ethyl adjacent to an activating group) is 1. The number of nitrogens with zero attached hydrogens (tertiary/aromatic N) is 4. The van der Waals surface area contributed by atoms with E-state index < -0.39 is 18.8 Å². The number of rotatable bonds is 5. The molecule has 0 aromatic carbocycles. The molecule has 0 saturated carbocycles. The lowest BCUT2D eigenvalue weighted by Crippen LogP contribution is -2.35. The number of hydrogen-bond donors (Lipinski definition) is 1. The van der Waals surface area contributed by atoms with Gasteiger partial charge in [-0.2, -0.15) is 13.2 Å². The molecule has 1 saturated heterocycles. The Labute approximate surface area is 132 Å². The number of imidazole rings is 1. The van der Waals surface area contributed by atoms with Crippen LogP contribution in [0.5, 0.6) is 0 Å². The van der Waals surface area contributed by atoms with Crippen LogP contribution in [0.25, 0.3) is 0 Å². The van der Waals surface area contributed by atoms with Crippen molar-refractivity contribution in [2.24, 2.45) is 0 Å². The second-order valence-corrected chi connectivity index (χ2v) is 5.99. The summed E-state index contributed by atoms with van der Waals surface area (Å²) in [5.74, 6) is -0.414. The number of alkyl halides is 3. The van der Waals surface area contributed by atoms with Gasteiger partial charge in [-0.1, -0.05) is 0 Å². The number of likely N-dealkylation sites (tertiary alicyclic amines) is 1. The molecule has 1 aromatic heterocycles. The molecule has 0 bridgehead atoms. The average Bonchev–Trinajstić information content (AvgIpc) is 3.04. The van der Waals surface area contributed by atoms with Gasteiger partial charge in [0.15, 0.2) is 0 Å². The Hall–Kier alpha value is -1.61. The van der Waals surface area contributed by atoms with Crippen molar-refractivity contribution in [3.05, 3.63) is 18.2 Å². The Morgan fingerprint density at radius 1 is 1.52 bits per heavy atom. The van der Waals surface area contributed by atoms with Gasteiger partial charge < -0.3 is 19.5 Å². The molecule has 1 fully saturated rings. The van der Waals surface area contributed by atoms with Gasteiger partial charge in [0, 0.05) is 31.5 Å². The number of carbonyl (C=O) groups is 1. The summed E-state index contributed by atoms with van der Waals surface area (Å²) in [7, 11) is 3.86. The first-order valence-electron chi connectivity index (χ1n) is 7.37. The third-order valence-corrected chi connectivity index (χ3v) is 4.01. The van der Waals surface area contributed by atoms with Crippen LogP contribution in [0.2, 0.25) is 0 Å². The molecule has 1 unspecified atom stereocenters. The molecule has 9 heteroatoms. The van der Waals surface area contributed by atoms with Gasteiger partial charge in [-0.15, -0.1) is 0 Å². The molecule has 1 amide bonds. The largest absolute Gasteiger partial charge is 0.406 e. The van der Waals surface area contributed by atoms with Crippen LogP contribution in [-0.4, -0.2) is 69.8 Å². The lowest BCUT2D eigenvalue weighted by molar-refractivity contribution is -0.141. The highest BCUT2D eigenvalue weighted by Gasteiger charge is 2.32. The SMILES string of the molecule is CN(C)[C@H]1CCN(C(=O)CC(O)c2nccn2CC(F)(F)F)C1. The molecule has 2 rings (SSSR count). The van der Waals surface area contributed by atoms with E-state index in [9.17, 15) is 23.1 Å². The molecular formula is C14H21F3N4O2. The highest BCUT2D eigenvalue weighted by molar-refractivity contribution is 5.77. The summed E-state index contributed by atoms with van der Waals surface area (Å²) in [6, 6.07) is 0.267. The minimum absolute atomic E-state index is 0.140. The van der Waals surface area contributed by atoms with Crippen LogP contribution < -0.4 is 0 Å². The summed E-state index contributed by atoms with van der Waals surface area (Å²) in [5, 5.41) is 10.1. The van der Waals surface area contributed by atoms with Gasteiger partial charge in [0.25, 0.3) is 0 Å². The molecule has 6 nitrogen and oxygen atoms in total. The van der Waals surface area contributed by atoms with Crippen molar-refractivity contribution < 1.29 is 23.1 Å². The minimum atomic E-state index is -4.41. The van der Waals surface area contributed by atoms with Gasteiger partial charge in [0.05, 0.1) is 6.42 Å². The zero-order chi connectivity index (χ0) is 17.2. The molecule has 0 aliphatic carbocycles. The summed E-state index contributed by atoms with van der Waals surface area (Å²) in [6.07, 6.45) is -2.85. The second-order valence-electron chi connectivity index (χ2n) is 5.99. The maximum Gasteiger partial charge on any atom is 0.406 e. The maximum atomic E-state index is 12.5. The summed E-state index contributed by atoms with van der Waals surface area (Å²) >= 11 is 0. The molecular weight excluding hydrogens is 313 g/mol. The number of aliphatic hydroxyl groups is 1. The molecule has 23 heavy (non-hydrogen) atoms. The van der Waals surface area contributed by atoms with Crippen molar-refractivity contribution in [3.8, 4) is 0 Å². The number of aliphatic hydroxyl groups excluding tert-OH is 1. The summed E-state index contributed by atoms with van der Waals surface area (Å²) in [6.45, 7) is -0.0824. The van der Waals surface area contributed by atoms with Crippen LogP contribution in [0.3, 0.4) is 0 Å². The Balaban J connectivity index is 1.96. The minimum Gasteiger partial charge on any atom is -0.385 e. The Kier molecular flexibility index (Phi) is 5.30. The number of amides is 1. The topological polar surface area (TPSA) is 61.6 Å².